The summed E-state index contributed by atoms with van der Waals surface area (Å²) in [5.74, 6) is 1.85. The van der Waals surface area contributed by atoms with Crippen molar-refractivity contribution in [3.8, 4) is 11.5 Å². The average molecular weight is 864 g/mol. The highest BCUT2D eigenvalue weighted by molar-refractivity contribution is 8.01. The number of carbonyl (C=O) groups excluding carboxylic acids is 2. The molecule has 6 aromatic rings. The maximum absolute atomic E-state index is 13.0. The van der Waals surface area contributed by atoms with Crippen LogP contribution in [0.15, 0.2) is 128 Å². The van der Waals surface area contributed by atoms with Crippen LogP contribution in [-0.2, 0) is 43.1 Å². The van der Waals surface area contributed by atoms with Crippen molar-refractivity contribution in [2.75, 3.05) is 14.2 Å². The Balaban J connectivity index is 0.000000172. The van der Waals surface area contributed by atoms with Gasteiger partial charge in [0.1, 0.15) is 37.3 Å². The zero-order valence-corrected chi connectivity index (χ0v) is 35.1. The van der Waals surface area contributed by atoms with Crippen molar-refractivity contribution >= 4 is 79.0 Å². The highest BCUT2D eigenvalue weighted by Crippen LogP contribution is 2.51. The van der Waals surface area contributed by atoms with Crippen LogP contribution in [0, 0.1) is 0 Å². The highest BCUT2D eigenvalue weighted by Gasteiger charge is 2.51. The molecule has 4 aromatic carbocycles. The van der Waals surface area contributed by atoms with E-state index in [1.165, 1.54) is 18.3 Å². The van der Waals surface area contributed by atoms with Gasteiger partial charge in [-0.3, -0.25) is 9.59 Å². The first kappa shape index (κ1) is 40.2. The fraction of sp³-hybridized carbons (Fsp3) is 0.238. The summed E-state index contributed by atoms with van der Waals surface area (Å²) in [7, 11) is -0.518. The Kier molecular flexibility index (Phi) is 12.1. The molecule has 2 aromatic heterocycles. The number of ketones is 2. The number of hydrogen-bond acceptors (Lipinski definition) is 11. The van der Waals surface area contributed by atoms with Gasteiger partial charge in [-0.05, 0) is 85.3 Å². The molecule has 0 N–H and O–H groups in total. The summed E-state index contributed by atoms with van der Waals surface area (Å²) in [6.07, 6.45) is 7.00. The Labute approximate surface area is 348 Å². The number of rotatable bonds is 14. The number of Topliss-reactive ketones (excluding diaryl/α,β-unsaturated/α-hetero) is 2. The van der Waals surface area contributed by atoms with Gasteiger partial charge in [0, 0.05) is 4.90 Å². The maximum atomic E-state index is 13.0. The fourth-order valence-electron chi connectivity index (χ4n) is 6.47. The Morgan fingerprint density at radius 1 is 0.679 bits per heavy atom. The zero-order chi connectivity index (χ0) is 39.5. The molecule has 14 heteroatoms. The van der Waals surface area contributed by atoms with Gasteiger partial charge >= 0.3 is 0 Å². The number of sulfone groups is 1. The van der Waals surface area contributed by atoms with E-state index in [1.54, 1.807) is 49.5 Å². The number of benzene rings is 4. The second-order valence-electron chi connectivity index (χ2n) is 13.4. The van der Waals surface area contributed by atoms with E-state index in [9.17, 15) is 18.0 Å². The lowest BCUT2D eigenvalue weighted by Gasteiger charge is -2.14. The largest absolute Gasteiger partial charge is 0.497 e. The van der Waals surface area contributed by atoms with Gasteiger partial charge in [0.2, 0.25) is 9.84 Å². The molecule has 2 aliphatic carbocycles. The molecular weight excluding hydrogens is 828 g/mol. The molecule has 0 saturated heterocycles. The first-order valence-electron chi connectivity index (χ1n) is 17.6. The molecule has 8 rings (SSSR count). The van der Waals surface area contributed by atoms with Crippen molar-refractivity contribution in [2.24, 2.45) is 0 Å². The predicted octanol–water partition coefficient (Wildman–Crippen LogP) is 10.3. The number of aromatic nitrogens is 2. The van der Waals surface area contributed by atoms with Crippen LogP contribution in [0.5, 0.6) is 11.5 Å². The molecule has 0 atom stereocenters. The fourth-order valence-corrected chi connectivity index (χ4v) is 11.8. The lowest BCUT2D eigenvalue weighted by molar-refractivity contribution is -0.121. The molecule has 0 aliphatic heterocycles. The molecule has 0 bridgehead atoms. The molecule has 8 nitrogen and oxygen atoms in total. The lowest BCUT2D eigenvalue weighted by Crippen LogP contribution is -2.22. The maximum Gasteiger partial charge on any atom is 0.219 e. The Hall–Kier alpha value is -4.04. The molecular formula is C42H36Cl2N2O6S4. The van der Waals surface area contributed by atoms with Crippen molar-refractivity contribution < 1.29 is 27.5 Å². The van der Waals surface area contributed by atoms with Crippen molar-refractivity contribution in [2.45, 2.75) is 67.6 Å². The van der Waals surface area contributed by atoms with E-state index in [1.807, 2.05) is 79.0 Å². The third kappa shape index (κ3) is 8.61. The van der Waals surface area contributed by atoms with Crippen LogP contribution in [0.2, 0.25) is 10.0 Å². The quantitative estimate of drug-likeness (QED) is 0.106. The van der Waals surface area contributed by atoms with Gasteiger partial charge in [0.15, 0.2) is 0 Å². The third-order valence-corrected chi connectivity index (χ3v) is 16.3. The van der Waals surface area contributed by atoms with E-state index in [0.29, 0.717) is 11.4 Å². The van der Waals surface area contributed by atoms with Gasteiger partial charge in [-0.2, -0.15) is 0 Å². The molecule has 2 aliphatic rings. The average Bonchev–Trinajstić information content (AvgIpc) is 4.11. The molecule has 0 radical (unpaired) electrons. The van der Waals surface area contributed by atoms with Gasteiger partial charge in [-0.1, -0.05) is 83.5 Å². The first-order valence-corrected chi connectivity index (χ1v) is 22.3. The SMILES string of the molecule is COc1ccc(C2(C(=O)Cc3ncc(S(=O)(=O)c4ccccc4Cl)s3)CC2)cc1.COc1ccc(C2(C(=O)Cc3ncc(Sc4ccccc4Cl)s3)CC2)cc1. The van der Waals surface area contributed by atoms with Gasteiger partial charge in [0.25, 0.3) is 0 Å². The number of hydrogen-bond donors (Lipinski definition) is 0. The summed E-state index contributed by atoms with van der Waals surface area (Å²) in [5.41, 5.74) is 1.20. The van der Waals surface area contributed by atoms with Crippen molar-refractivity contribution in [1.82, 2.24) is 9.97 Å². The zero-order valence-electron chi connectivity index (χ0n) is 30.4. The molecule has 56 heavy (non-hydrogen) atoms. The smallest absolute Gasteiger partial charge is 0.219 e. The van der Waals surface area contributed by atoms with Crippen LogP contribution in [0.4, 0.5) is 0 Å². The van der Waals surface area contributed by atoms with Crippen molar-refractivity contribution in [1.29, 1.82) is 0 Å². The van der Waals surface area contributed by atoms with Gasteiger partial charge in [-0.25, -0.2) is 18.4 Å². The summed E-state index contributed by atoms with van der Waals surface area (Å²) in [6, 6.07) is 29.4. The number of thiazole rings is 2. The standard InChI is InChI=1S/C21H18ClNO4S2.C21H18ClNO2S2/c1-27-15-8-6-14(7-9-15)21(10-11-21)18(24)12-19-23-13-20(28-19)29(25,26)17-5-3-2-4-16(17)22;1-25-15-8-6-14(7-9-15)21(10-11-21)18(24)12-19-23-13-20(27-19)26-17-5-3-2-4-16(17)22/h2-9,13H,10-12H2,1H3;2-9,13H,10-12H2,1H3. The van der Waals surface area contributed by atoms with E-state index in [0.717, 1.165) is 78.8 Å². The first-order chi connectivity index (χ1) is 27.0. The molecule has 2 heterocycles. The molecule has 2 fully saturated rings. The second kappa shape index (κ2) is 16.8. The minimum absolute atomic E-state index is 0.0417. The predicted molar refractivity (Wildman–Crippen MR) is 222 cm³/mol. The number of halogens is 2. The van der Waals surface area contributed by atoms with Crippen LogP contribution >= 0.6 is 57.6 Å². The van der Waals surface area contributed by atoms with E-state index in [2.05, 4.69) is 9.97 Å². The van der Waals surface area contributed by atoms with Crippen molar-refractivity contribution in [3.63, 3.8) is 0 Å². The normalized spacial score (nSPS) is 14.9. The lowest BCUT2D eigenvalue weighted by atomic mass is 9.90. The summed E-state index contributed by atoms with van der Waals surface area (Å²) < 4.78 is 37.2. The van der Waals surface area contributed by atoms with E-state index in [-0.39, 0.29) is 37.5 Å². The number of methoxy groups -OCH3 is 2. The van der Waals surface area contributed by atoms with E-state index < -0.39 is 15.3 Å². The highest BCUT2D eigenvalue weighted by atomic mass is 35.5. The number of ether oxygens (including phenoxy) is 2. The Morgan fingerprint density at radius 2 is 1.16 bits per heavy atom. The molecule has 0 unspecified atom stereocenters. The second-order valence-corrected chi connectivity index (χ2v) is 20.0. The van der Waals surface area contributed by atoms with Gasteiger partial charge in [-0.15, -0.1) is 22.7 Å². The molecule has 2 saturated carbocycles. The molecule has 0 amide bonds. The minimum Gasteiger partial charge on any atom is -0.497 e. The van der Waals surface area contributed by atoms with Crippen LogP contribution < -0.4 is 9.47 Å². The number of carbonyl (C=O) groups is 2. The molecule has 288 valence electrons. The van der Waals surface area contributed by atoms with E-state index in [4.69, 9.17) is 32.7 Å². The van der Waals surface area contributed by atoms with Crippen molar-refractivity contribution in [3.05, 3.63) is 141 Å². The Morgan fingerprint density at radius 3 is 1.66 bits per heavy atom. The van der Waals surface area contributed by atoms with Crippen LogP contribution in [0.1, 0.15) is 46.8 Å². The monoisotopic (exact) mass is 862 g/mol. The Bertz CT molecular complexity index is 2480. The van der Waals surface area contributed by atoms with Gasteiger partial charge < -0.3 is 9.47 Å². The third-order valence-electron chi connectivity index (χ3n) is 9.98. The van der Waals surface area contributed by atoms with E-state index >= 15 is 0 Å². The van der Waals surface area contributed by atoms with Crippen LogP contribution in [-0.4, -0.2) is 44.2 Å². The molecule has 0 spiro atoms. The topological polar surface area (TPSA) is 113 Å². The minimum atomic E-state index is -3.77. The summed E-state index contributed by atoms with van der Waals surface area (Å²) >= 11 is 16.4. The van der Waals surface area contributed by atoms with Crippen LogP contribution in [0.3, 0.4) is 0 Å². The van der Waals surface area contributed by atoms with Gasteiger partial charge in [0.05, 0.1) is 69.4 Å². The summed E-state index contributed by atoms with van der Waals surface area (Å²) in [5, 5.41) is 2.23. The summed E-state index contributed by atoms with van der Waals surface area (Å²) in [4.78, 5) is 35.7. The number of nitrogens with zero attached hydrogens (tertiary/aromatic N) is 2. The summed E-state index contributed by atoms with van der Waals surface area (Å²) in [6.45, 7) is 0. The van der Waals surface area contributed by atoms with Crippen LogP contribution in [0.25, 0.3) is 0 Å².